The average molecular weight is 411 g/mol. The first-order valence-electron chi connectivity index (χ1n) is 10.3. The van der Waals surface area contributed by atoms with Crippen LogP contribution in [-0.2, 0) is 33.4 Å². The van der Waals surface area contributed by atoms with Gasteiger partial charge in [0.2, 0.25) is 0 Å². The van der Waals surface area contributed by atoms with Crippen molar-refractivity contribution in [3.63, 3.8) is 0 Å². The number of likely N-dealkylation sites (tertiary alicyclic amines) is 1. The zero-order valence-corrected chi connectivity index (χ0v) is 18.1. The smallest absolute Gasteiger partial charge is 0.328 e. The van der Waals surface area contributed by atoms with Gasteiger partial charge >= 0.3 is 5.97 Å². The van der Waals surface area contributed by atoms with E-state index >= 15 is 0 Å². The van der Waals surface area contributed by atoms with E-state index in [4.69, 9.17) is 14.2 Å². The van der Waals surface area contributed by atoms with Gasteiger partial charge in [-0.05, 0) is 51.9 Å². The first-order chi connectivity index (χ1) is 13.7. The van der Waals surface area contributed by atoms with Gasteiger partial charge in [0.1, 0.15) is 17.7 Å². The van der Waals surface area contributed by atoms with Crippen LogP contribution in [0.5, 0.6) is 0 Å². The second kappa shape index (κ2) is 9.80. The van der Waals surface area contributed by atoms with Crippen molar-refractivity contribution in [2.24, 2.45) is 5.92 Å². The number of esters is 1. The Morgan fingerprint density at radius 2 is 1.83 bits per heavy atom. The summed E-state index contributed by atoms with van der Waals surface area (Å²) in [5.74, 6) is -2.13. The number of rotatable bonds is 7. The van der Waals surface area contributed by atoms with Crippen LogP contribution in [-0.4, -0.2) is 73.0 Å². The molecule has 2 heterocycles. The highest BCUT2D eigenvalue weighted by atomic mass is 16.5. The molecule has 164 valence electrons. The van der Waals surface area contributed by atoms with Crippen molar-refractivity contribution in [1.29, 1.82) is 0 Å². The molecule has 0 aromatic carbocycles. The lowest BCUT2D eigenvalue weighted by atomic mass is 9.78. The summed E-state index contributed by atoms with van der Waals surface area (Å²) in [4.78, 5) is 51.5. The van der Waals surface area contributed by atoms with Crippen molar-refractivity contribution >= 4 is 23.4 Å². The highest BCUT2D eigenvalue weighted by Gasteiger charge is 2.50. The molecule has 0 aliphatic carbocycles. The number of hydrogen-bond acceptors (Lipinski definition) is 7. The summed E-state index contributed by atoms with van der Waals surface area (Å²) < 4.78 is 16.2. The van der Waals surface area contributed by atoms with Crippen LogP contribution in [0.25, 0.3) is 0 Å². The molecule has 0 saturated carbocycles. The maximum absolute atomic E-state index is 13.3. The molecule has 2 rings (SSSR count). The number of carbonyl (C=O) groups excluding carboxylic acids is 4. The van der Waals surface area contributed by atoms with Crippen LogP contribution in [0.3, 0.4) is 0 Å². The minimum Gasteiger partial charge on any atom is -0.467 e. The third-order valence-corrected chi connectivity index (χ3v) is 6.37. The lowest BCUT2D eigenvalue weighted by Gasteiger charge is -2.44. The highest BCUT2D eigenvalue weighted by Crippen LogP contribution is 2.37. The predicted octanol–water partition coefficient (Wildman–Crippen LogP) is 1.68. The Balaban J connectivity index is 2.18. The highest BCUT2D eigenvalue weighted by molar-refractivity contribution is 6.39. The minimum absolute atomic E-state index is 0.104. The summed E-state index contributed by atoms with van der Waals surface area (Å²) >= 11 is 0. The van der Waals surface area contributed by atoms with Crippen molar-refractivity contribution in [3.05, 3.63) is 0 Å². The summed E-state index contributed by atoms with van der Waals surface area (Å²) in [6, 6.07) is -0.737. The number of Topliss-reactive ketones (excluding diaryl/α,β-unsaturated/α-hetero) is 2. The number of ketones is 2. The van der Waals surface area contributed by atoms with Crippen LogP contribution >= 0.6 is 0 Å². The van der Waals surface area contributed by atoms with E-state index in [2.05, 4.69) is 0 Å². The number of hydrogen-bond donors (Lipinski definition) is 0. The van der Waals surface area contributed by atoms with Crippen molar-refractivity contribution < 1.29 is 33.4 Å². The zero-order valence-electron chi connectivity index (χ0n) is 18.1. The van der Waals surface area contributed by atoms with Gasteiger partial charge in [0.25, 0.3) is 11.7 Å². The van der Waals surface area contributed by atoms with Gasteiger partial charge in [-0.2, -0.15) is 0 Å². The van der Waals surface area contributed by atoms with E-state index < -0.39 is 35.4 Å². The Kier molecular flexibility index (Phi) is 7.94. The zero-order chi connectivity index (χ0) is 21.8. The summed E-state index contributed by atoms with van der Waals surface area (Å²) in [5, 5.41) is 0. The van der Waals surface area contributed by atoms with Gasteiger partial charge in [-0.1, -0.05) is 6.92 Å². The fourth-order valence-corrected chi connectivity index (χ4v) is 4.24. The van der Waals surface area contributed by atoms with Gasteiger partial charge in [-0.3, -0.25) is 14.4 Å². The molecule has 8 nitrogen and oxygen atoms in total. The quantitative estimate of drug-likeness (QED) is 0.464. The Morgan fingerprint density at radius 3 is 2.41 bits per heavy atom. The molecule has 8 heteroatoms. The van der Waals surface area contributed by atoms with Crippen LogP contribution in [0.1, 0.15) is 59.3 Å². The van der Waals surface area contributed by atoms with Crippen molar-refractivity contribution in [3.8, 4) is 0 Å². The first-order valence-corrected chi connectivity index (χ1v) is 10.3. The second-order valence-corrected chi connectivity index (χ2v) is 8.26. The lowest BCUT2D eigenvalue weighted by Crippen LogP contribution is -2.59. The van der Waals surface area contributed by atoms with E-state index in [9.17, 15) is 19.2 Å². The van der Waals surface area contributed by atoms with E-state index in [1.807, 2.05) is 6.92 Å². The fourth-order valence-electron chi connectivity index (χ4n) is 4.24. The van der Waals surface area contributed by atoms with Gasteiger partial charge < -0.3 is 19.1 Å². The van der Waals surface area contributed by atoms with Gasteiger partial charge in [0.15, 0.2) is 5.78 Å². The van der Waals surface area contributed by atoms with E-state index in [-0.39, 0.29) is 17.8 Å². The largest absolute Gasteiger partial charge is 0.467 e. The Morgan fingerprint density at radius 1 is 1.14 bits per heavy atom. The molecule has 0 unspecified atom stereocenters. The Bertz CT molecular complexity index is 649. The van der Waals surface area contributed by atoms with Gasteiger partial charge in [-0.25, -0.2) is 4.79 Å². The number of ether oxygens (including phenoxy) is 3. The molecule has 0 N–H and O–H groups in total. The lowest BCUT2D eigenvalue weighted by molar-refractivity contribution is -0.184. The molecule has 2 fully saturated rings. The van der Waals surface area contributed by atoms with Crippen LogP contribution in [0, 0.1) is 5.92 Å². The average Bonchev–Trinajstić information content (AvgIpc) is 2.72. The molecule has 0 aromatic rings. The molecule has 0 spiro atoms. The van der Waals surface area contributed by atoms with Gasteiger partial charge in [0, 0.05) is 20.1 Å². The molecule has 2 aliphatic rings. The molecule has 2 saturated heterocycles. The summed E-state index contributed by atoms with van der Waals surface area (Å²) in [6.45, 7) is 5.32. The number of piperidine rings is 1. The topological polar surface area (TPSA) is 99.2 Å². The van der Waals surface area contributed by atoms with Crippen LogP contribution in [0.4, 0.5) is 0 Å². The molecule has 2 aliphatic heterocycles. The molecule has 29 heavy (non-hydrogen) atoms. The Hall–Kier alpha value is -1.80. The fraction of sp³-hybridized carbons (Fsp3) is 0.810. The van der Waals surface area contributed by atoms with Gasteiger partial charge in [0.05, 0.1) is 13.2 Å². The van der Waals surface area contributed by atoms with E-state index in [1.165, 1.54) is 26.0 Å². The molecular weight excluding hydrogens is 378 g/mol. The van der Waals surface area contributed by atoms with E-state index in [0.717, 1.165) is 12.8 Å². The normalized spacial score (nSPS) is 31.1. The third-order valence-electron chi connectivity index (χ3n) is 6.37. The predicted molar refractivity (Wildman–Crippen MR) is 104 cm³/mol. The number of amides is 1. The molecule has 0 aromatic heterocycles. The van der Waals surface area contributed by atoms with Crippen LogP contribution in [0.15, 0.2) is 0 Å². The number of carbonyl (C=O) groups is 4. The molecule has 5 atom stereocenters. The second-order valence-electron chi connectivity index (χ2n) is 8.26. The van der Waals surface area contributed by atoms with Crippen molar-refractivity contribution in [1.82, 2.24) is 4.90 Å². The van der Waals surface area contributed by atoms with E-state index in [0.29, 0.717) is 32.2 Å². The van der Waals surface area contributed by atoms with Crippen molar-refractivity contribution in [2.75, 3.05) is 20.8 Å². The molecule has 0 radical (unpaired) electrons. The van der Waals surface area contributed by atoms with E-state index in [1.54, 1.807) is 6.92 Å². The van der Waals surface area contributed by atoms with Crippen molar-refractivity contribution in [2.45, 2.75) is 83.1 Å². The summed E-state index contributed by atoms with van der Waals surface area (Å²) in [6.07, 6.45) is 2.76. The Labute approximate surface area is 172 Å². The standard InChI is InChI=1S/C21H33NO7/c1-13-9-10-15(12-17(27-4)14(2)23)29-21(13,3)18(24)19(25)22-11-7-6-8-16(22)20(26)28-5/h13,15-17H,6-12H2,1-5H3/t13-,15+,16+,17+,21-/m1/s1. The first kappa shape index (κ1) is 23.5. The van der Waals surface area contributed by atoms with Crippen LogP contribution < -0.4 is 0 Å². The third kappa shape index (κ3) is 5.04. The number of methoxy groups -OCH3 is 2. The monoisotopic (exact) mass is 411 g/mol. The maximum atomic E-state index is 13.3. The summed E-state index contributed by atoms with van der Waals surface area (Å²) in [7, 11) is 2.75. The minimum atomic E-state index is -1.31. The molecule has 1 amide bonds. The SMILES string of the molecule is COC(=O)[C@@H]1CCCCN1C(=O)C(=O)[C@]1(C)O[C@H](C[C@H](OC)C(C)=O)CC[C@H]1C. The van der Waals surface area contributed by atoms with Gasteiger partial charge in [-0.15, -0.1) is 0 Å². The van der Waals surface area contributed by atoms with Crippen LogP contribution in [0.2, 0.25) is 0 Å². The number of nitrogens with zero attached hydrogens (tertiary/aromatic N) is 1. The molecular formula is C21H33NO7. The molecule has 0 bridgehead atoms. The summed E-state index contributed by atoms with van der Waals surface area (Å²) in [5.41, 5.74) is -1.31. The maximum Gasteiger partial charge on any atom is 0.328 e.